The minimum Gasteiger partial charge on any atom is -0.404 e. The number of ether oxygens (including phenoxy) is 1. The number of anilines is 1. The number of amides is 1. The fraction of sp³-hybridized carbons (Fsp3) is 0.385. The van der Waals surface area contributed by atoms with E-state index in [2.05, 4.69) is 15.3 Å². The number of likely N-dealkylation sites (N-methyl/N-ethyl adjacent to an activating group) is 1. The average molecular weight is 305 g/mol. The van der Waals surface area contributed by atoms with Crippen LogP contribution in [0.3, 0.4) is 0 Å². The van der Waals surface area contributed by atoms with Gasteiger partial charge in [0.25, 0.3) is 0 Å². The minimum atomic E-state index is -0.164. The number of nitrogens with one attached hydrogen (secondary N) is 2. The number of hydrogen-bond donors (Lipinski definition) is 4. The zero-order valence-electron chi connectivity index (χ0n) is 12.2. The van der Waals surface area contributed by atoms with E-state index in [0.717, 1.165) is 0 Å². The van der Waals surface area contributed by atoms with E-state index in [1.807, 2.05) is 0 Å². The van der Waals surface area contributed by atoms with E-state index in [4.69, 9.17) is 21.6 Å². The molecule has 0 bridgehead atoms. The number of carbonyl (C=O) groups excluding carboxylic acids is 1. The van der Waals surface area contributed by atoms with Crippen LogP contribution in [-0.4, -0.2) is 59.5 Å². The van der Waals surface area contributed by atoms with Gasteiger partial charge in [-0.3, -0.25) is 10.2 Å². The highest BCUT2D eigenvalue weighted by molar-refractivity contribution is 6.19. The predicted molar refractivity (Wildman–Crippen MR) is 82.0 cm³/mol. The van der Waals surface area contributed by atoms with Gasteiger partial charge in [0, 0.05) is 32.5 Å². The summed E-state index contributed by atoms with van der Waals surface area (Å²) in [4.78, 5) is 21.3. The molecule has 118 valence electrons. The number of rotatable bonds is 5. The maximum Gasteiger partial charge on any atom is 0.248 e. The number of nitrogens with zero attached hydrogens (tertiary/aromatic N) is 3. The predicted octanol–water partition coefficient (Wildman–Crippen LogP) is -1.02. The summed E-state index contributed by atoms with van der Waals surface area (Å²) < 4.78 is 5.42. The van der Waals surface area contributed by atoms with E-state index in [-0.39, 0.29) is 24.5 Å². The van der Waals surface area contributed by atoms with Gasteiger partial charge in [-0.1, -0.05) is 0 Å². The summed E-state index contributed by atoms with van der Waals surface area (Å²) in [5, 5.41) is 10.5. The lowest BCUT2D eigenvalue weighted by Crippen LogP contribution is -2.46. The van der Waals surface area contributed by atoms with Crippen molar-refractivity contribution in [2.45, 2.75) is 6.10 Å². The van der Waals surface area contributed by atoms with Crippen molar-refractivity contribution in [2.75, 3.05) is 32.1 Å². The molecule has 0 radical (unpaired) electrons. The zero-order chi connectivity index (χ0) is 16.1. The molecule has 2 heterocycles. The molecule has 0 spiro atoms. The van der Waals surface area contributed by atoms with Crippen LogP contribution < -0.4 is 16.8 Å². The lowest BCUT2D eigenvalue weighted by atomic mass is 10.2. The molecule has 1 atom stereocenters. The molecule has 1 aromatic rings. The topological polar surface area (TPSA) is 143 Å². The van der Waals surface area contributed by atoms with Gasteiger partial charge in [-0.15, -0.1) is 0 Å². The van der Waals surface area contributed by atoms with E-state index in [9.17, 15) is 4.79 Å². The first kappa shape index (κ1) is 15.7. The Morgan fingerprint density at radius 2 is 2.45 bits per heavy atom. The summed E-state index contributed by atoms with van der Waals surface area (Å²) >= 11 is 0. The summed E-state index contributed by atoms with van der Waals surface area (Å²) in [7, 11) is 1.74. The Morgan fingerprint density at radius 1 is 1.68 bits per heavy atom. The molecule has 2 rings (SSSR count). The first-order chi connectivity index (χ1) is 10.5. The number of morpholine rings is 1. The smallest absolute Gasteiger partial charge is 0.248 e. The summed E-state index contributed by atoms with van der Waals surface area (Å²) in [5.74, 6) is 0.179. The maximum atomic E-state index is 11.3. The Balaban J connectivity index is 1.99. The molecule has 1 aromatic heterocycles. The standard InChI is InChI=1S/C13H19N7O2/c1-20-6-8(22-7-11(20)21)5-18-13-17-3-2-10(19-13)9(4-14)12(15)16/h2-4,8H,5-7,14H2,1H3,(H3,15,16)(H,17,18,19). The van der Waals surface area contributed by atoms with Gasteiger partial charge in [-0.05, 0) is 6.07 Å². The zero-order valence-corrected chi connectivity index (χ0v) is 12.2. The molecule has 0 aliphatic carbocycles. The number of carbonyl (C=O) groups is 1. The third-order valence-corrected chi connectivity index (χ3v) is 3.22. The quantitative estimate of drug-likeness (QED) is 0.402. The average Bonchev–Trinajstić information content (AvgIpc) is 2.49. The van der Waals surface area contributed by atoms with Crippen molar-refractivity contribution in [1.29, 1.82) is 5.41 Å². The Kier molecular flexibility index (Phi) is 4.89. The van der Waals surface area contributed by atoms with E-state index in [1.54, 1.807) is 24.2 Å². The number of nitrogens with two attached hydrogens (primary N) is 2. The Hall–Kier alpha value is -2.68. The summed E-state index contributed by atoms with van der Waals surface area (Å²) in [6.07, 6.45) is 2.65. The number of amidine groups is 1. The van der Waals surface area contributed by atoms with Gasteiger partial charge in [-0.2, -0.15) is 0 Å². The molecule has 1 fully saturated rings. The first-order valence-corrected chi connectivity index (χ1v) is 6.70. The monoisotopic (exact) mass is 305 g/mol. The van der Waals surface area contributed by atoms with Gasteiger partial charge in [0.1, 0.15) is 12.4 Å². The Morgan fingerprint density at radius 3 is 3.09 bits per heavy atom. The van der Waals surface area contributed by atoms with Gasteiger partial charge >= 0.3 is 0 Å². The fourth-order valence-electron chi connectivity index (χ4n) is 1.99. The molecule has 1 unspecified atom stereocenters. The Bertz CT molecular complexity index is 602. The van der Waals surface area contributed by atoms with Crippen molar-refractivity contribution >= 4 is 23.3 Å². The van der Waals surface area contributed by atoms with Crippen molar-refractivity contribution in [3.63, 3.8) is 0 Å². The van der Waals surface area contributed by atoms with Crippen LogP contribution in [0.2, 0.25) is 0 Å². The van der Waals surface area contributed by atoms with Crippen LogP contribution >= 0.6 is 0 Å². The van der Waals surface area contributed by atoms with Crippen molar-refractivity contribution in [3.8, 4) is 0 Å². The molecule has 9 heteroatoms. The normalized spacial score (nSPS) is 19.1. The van der Waals surface area contributed by atoms with Gasteiger partial charge in [-0.25, -0.2) is 9.97 Å². The molecule has 0 saturated carbocycles. The molecule has 1 amide bonds. The molecule has 0 aromatic carbocycles. The third-order valence-electron chi connectivity index (χ3n) is 3.22. The summed E-state index contributed by atoms with van der Waals surface area (Å²) in [6.45, 7) is 1.05. The molecular weight excluding hydrogens is 286 g/mol. The lowest BCUT2D eigenvalue weighted by Gasteiger charge is -2.29. The van der Waals surface area contributed by atoms with E-state index < -0.39 is 0 Å². The second kappa shape index (κ2) is 6.85. The lowest BCUT2D eigenvalue weighted by molar-refractivity contribution is -0.145. The fourth-order valence-corrected chi connectivity index (χ4v) is 1.99. The second-order valence-corrected chi connectivity index (χ2v) is 4.85. The van der Waals surface area contributed by atoms with Gasteiger partial charge in [0.2, 0.25) is 11.9 Å². The van der Waals surface area contributed by atoms with Crippen LogP contribution in [0.15, 0.2) is 18.5 Å². The van der Waals surface area contributed by atoms with E-state index >= 15 is 0 Å². The van der Waals surface area contributed by atoms with Gasteiger partial charge in [0.05, 0.1) is 17.4 Å². The molecule has 22 heavy (non-hydrogen) atoms. The number of aromatic nitrogens is 2. The molecule has 6 N–H and O–H groups in total. The maximum absolute atomic E-state index is 11.3. The summed E-state index contributed by atoms with van der Waals surface area (Å²) in [6, 6.07) is 1.62. The van der Waals surface area contributed by atoms with Crippen LogP contribution in [0.5, 0.6) is 0 Å². The first-order valence-electron chi connectivity index (χ1n) is 6.70. The third kappa shape index (κ3) is 3.70. The highest BCUT2D eigenvalue weighted by atomic mass is 16.5. The highest BCUT2D eigenvalue weighted by Gasteiger charge is 2.23. The van der Waals surface area contributed by atoms with E-state index in [0.29, 0.717) is 30.3 Å². The van der Waals surface area contributed by atoms with Crippen LogP contribution in [0.1, 0.15) is 5.69 Å². The van der Waals surface area contributed by atoms with Crippen molar-refractivity contribution in [1.82, 2.24) is 14.9 Å². The highest BCUT2D eigenvalue weighted by Crippen LogP contribution is 2.12. The minimum absolute atomic E-state index is 0.0336. The molecular formula is C13H19N7O2. The van der Waals surface area contributed by atoms with Gasteiger partial charge < -0.3 is 26.4 Å². The van der Waals surface area contributed by atoms with Gasteiger partial charge in [0.15, 0.2) is 0 Å². The molecule has 1 saturated heterocycles. The van der Waals surface area contributed by atoms with Crippen molar-refractivity contribution in [2.24, 2.45) is 11.5 Å². The van der Waals surface area contributed by atoms with Crippen LogP contribution in [0.4, 0.5) is 5.95 Å². The van der Waals surface area contributed by atoms with Crippen molar-refractivity contribution in [3.05, 3.63) is 24.2 Å². The van der Waals surface area contributed by atoms with Crippen LogP contribution in [0.25, 0.3) is 5.57 Å². The largest absolute Gasteiger partial charge is 0.404 e. The Labute approximate surface area is 127 Å². The summed E-state index contributed by atoms with van der Waals surface area (Å²) in [5.41, 5.74) is 11.7. The SMILES string of the molecule is CN1CC(CNc2nccc(C(=CN)C(=N)N)n2)OCC1=O. The molecule has 1 aliphatic rings. The van der Waals surface area contributed by atoms with Crippen molar-refractivity contribution < 1.29 is 9.53 Å². The van der Waals surface area contributed by atoms with Crippen LogP contribution in [-0.2, 0) is 9.53 Å². The van der Waals surface area contributed by atoms with Crippen LogP contribution in [0, 0.1) is 5.41 Å². The molecule has 9 nitrogen and oxygen atoms in total. The second-order valence-electron chi connectivity index (χ2n) is 4.85. The van der Waals surface area contributed by atoms with E-state index in [1.165, 1.54) is 6.20 Å². The number of hydrogen-bond acceptors (Lipinski definition) is 7. The molecule has 1 aliphatic heterocycles.